The van der Waals surface area contributed by atoms with Crippen molar-refractivity contribution in [1.29, 1.82) is 0 Å². The standard InChI is InChI=1S/C30H25F3N6O3/c1-42-25-14-21(29(41)35-16-26(32)33)8-12-24(25)36-30-37-27-13-9-22(17-39(27)38-30)19-4-6-20(7-5-19)28(40)34-15-18-2-10-23(31)11-3-18/h2-14,17,26H,15-16H2,1H3,(H,34,40)(H,35,41)(H,36,38). The molecule has 42 heavy (non-hydrogen) atoms. The Hall–Kier alpha value is -5.39. The van der Waals surface area contributed by atoms with Crippen LogP contribution in [0, 0.1) is 5.82 Å². The number of alkyl halides is 2. The Morgan fingerprint density at radius 2 is 1.57 bits per heavy atom. The van der Waals surface area contributed by atoms with Crippen molar-refractivity contribution < 1.29 is 27.5 Å². The molecule has 12 heteroatoms. The molecule has 5 aromatic rings. The molecule has 3 aromatic carbocycles. The van der Waals surface area contributed by atoms with Crippen molar-refractivity contribution in [3.8, 4) is 16.9 Å². The molecule has 2 amide bonds. The van der Waals surface area contributed by atoms with Gasteiger partial charge in [-0.2, -0.15) is 4.98 Å². The second-order valence-electron chi connectivity index (χ2n) is 9.18. The highest BCUT2D eigenvalue weighted by atomic mass is 19.3. The van der Waals surface area contributed by atoms with Gasteiger partial charge in [0.1, 0.15) is 11.6 Å². The Balaban J connectivity index is 1.26. The molecule has 0 saturated heterocycles. The van der Waals surface area contributed by atoms with Crippen molar-refractivity contribution in [3.05, 3.63) is 108 Å². The van der Waals surface area contributed by atoms with Gasteiger partial charge in [-0.25, -0.2) is 17.7 Å². The average Bonchev–Trinajstić information content (AvgIpc) is 3.41. The fourth-order valence-electron chi connectivity index (χ4n) is 4.14. The van der Waals surface area contributed by atoms with Crippen LogP contribution in [0.4, 0.5) is 24.8 Å². The van der Waals surface area contributed by atoms with Crippen LogP contribution in [-0.4, -0.2) is 46.5 Å². The number of carbonyl (C=O) groups is 2. The minimum Gasteiger partial charge on any atom is -0.495 e. The number of amides is 2. The fourth-order valence-corrected chi connectivity index (χ4v) is 4.14. The Morgan fingerprint density at radius 3 is 2.29 bits per heavy atom. The van der Waals surface area contributed by atoms with Gasteiger partial charge in [-0.1, -0.05) is 24.3 Å². The molecular weight excluding hydrogens is 549 g/mol. The number of ether oxygens (including phenoxy) is 1. The summed E-state index contributed by atoms with van der Waals surface area (Å²) in [4.78, 5) is 29.1. The first-order valence-electron chi connectivity index (χ1n) is 12.8. The minimum atomic E-state index is -2.65. The van der Waals surface area contributed by atoms with Crippen molar-refractivity contribution in [1.82, 2.24) is 25.2 Å². The van der Waals surface area contributed by atoms with Gasteiger partial charge in [0.05, 0.1) is 19.3 Å². The first kappa shape index (κ1) is 28.1. The van der Waals surface area contributed by atoms with Crippen molar-refractivity contribution in [3.63, 3.8) is 0 Å². The van der Waals surface area contributed by atoms with E-state index in [9.17, 15) is 22.8 Å². The van der Waals surface area contributed by atoms with Gasteiger partial charge in [-0.05, 0) is 65.7 Å². The van der Waals surface area contributed by atoms with Crippen molar-refractivity contribution in [2.24, 2.45) is 0 Å². The maximum absolute atomic E-state index is 13.1. The van der Waals surface area contributed by atoms with Gasteiger partial charge in [0.2, 0.25) is 5.95 Å². The zero-order valence-corrected chi connectivity index (χ0v) is 22.3. The van der Waals surface area contributed by atoms with Gasteiger partial charge in [0, 0.05) is 29.4 Å². The number of pyridine rings is 1. The molecule has 0 atom stereocenters. The summed E-state index contributed by atoms with van der Waals surface area (Å²) < 4.78 is 44.9. The third-order valence-electron chi connectivity index (χ3n) is 6.30. The van der Waals surface area contributed by atoms with Gasteiger partial charge in [0.25, 0.3) is 18.2 Å². The number of hydrogen-bond donors (Lipinski definition) is 3. The van der Waals surface area contributed by atoms with Crippen molar-refractivity contribution >= 4 is 29.1 Å². The molecule has 0 bridgehead atoms. The van der Waals surface area contributed by atoms with Gasteiger partial charge in [-0.3, -0.25) is 9.59 Å². The van der Waals surface area contributed by atoms with E-state index in [1.807, 2.05) is 18.2 Å². The lowest BCUT2D eigenvalue weighted by Gasteiger charge is -2.11. The zero-order valence-electron chi connectivity index (χ0n) is 22.3. The average molecular weight is 575 g/mol. The molecule has 9 nitrogen and oxygen atoms in total. The van der Waals surface area contributed by atoms with E-state index in [0.29, 0.717) is 22.6 Å². The summed E-state index contributed by atoms with van der Waals surface area (Å²) in [6.45, 7) is -0.459. The van der Waals surface area contributed by atoms with E-state index in [1.54, 1.807) is 47.1 Å². The number of nitrogens with one attached hydrogen (secondary N) is 3. The smallest absolute Gasteiger partial charge is 0.255 e. The van der Waals surface area contributed by atoms with E-state index in [1.165, 1.54) is 31.4 Å². The molecule has 0 aliphatic heterocycles. The third-order valence-corrected chi connectivity index (χ3v) is 6.30. The van der Waals surface area contributed by atoms with Crippen LogP contribution in [0.25, 0.3) is 16.8 Å². The van der Waals surface area contributed by atoms with Crippen LogP contribution < -0.4 is 20.7 Å². The summed E-state index contributed by atoms with van der Waals surface area (Å²) in [5.74, 6) is -0.639. The van der Waals surface area contributed by atoms with Gasteiger partial charge in [-0.15, -0.1) is 5.10 Å². The summed E-state index contributed by atoms with van der Waals surface area (Å²) in [5, 5.41) is 12.5. The second-order valence-corrected chi connectivity index (χ2v) is 9.18. The Bertz CT molecular complexity index is 1720. The van der Waals surface area contributed by atoms with Crippen LogP contribution in [0.2, 0.25) is 0 Å². The lowest BCUT2D eigenvalue weighted by molar-refractivity contribution is 0.0891. The molecule has 2 heterocycles. The van der Waals surface area contributed by atoms with E-state index in [4.69, 9.17) is 4.74 Å². The Morgan fingerprint density at radius 1 is 0.881 bits per heavy atom. The van der Waals surface area contributed by atoms with E-state index >= 15 is 0 Å². The monoisotopic (exact) mass is 574 g/mol. The molecular formula is C30H25F3N6O3. The normalized spacial score (nSPS) is 11.0. The topological polar surface area (TPSA) is 110 Å². The number of fused-ring (bicyclic) bond motifs is 1. The lowest BCUT2D eigenvalue weighted by atomic mass is 10.1. The van der Waals surface area contributed by atoms with Crippen LogP contribution >= 0.6 is 0 Å². The SMILES string of the molecule is COc1cc(C(=O)NCC(F)F)ccc1Nc1nc2ccc(-c3ccc(C(=O)NCc4ccc(F)cc4)cc3)cn2n1. The molecule has 0 fully saturated rings. The number of benzene rings is 3. The number of methoxy groups -OCH3 is 1. The summed E-state index contributed by atoms with van der Waals surface area (Å²) in [5.41, 5.74) is 4.20. The van der Waals surface area contributed by atoms with E-state index in [0.717, 1.165) is 16.7 Å². The summed E-state index contributed by atoms with van der Waals surface area (Å²) in [6, 6.07) is 21.2. The van der Waals surface area contributed by atoms with Crippen molar-refractivity contribution in [2.75, 3.05) is 19.0 Å². The summed E-state index contributed by atoms with van der Waals surface area (Å²) in [6.07, 6.45) is -0.852. The van der Waals surface area contributed by atoms with Crippen LogP contribution in [0.3, 0.4) is 0 Å². The Kier molecular flexibility index (Phi) is 8.32. The number of nitrogens with zero attached hydrogens (tertiary/aromatic N) is 3. The maximum Gasteiger partial charge on any atom is 0.255 e. The first-order valence-corrected chi connectivity index (χ1v) is 12.8. The molecule has 0 aliphatic carbocycles. The molecule has 0 unspecified atom stereocenters. The van der Waals surface area contributed by atoms with Crippen LogP contribution in [0.1, 0.15) is 26.3 Å². The predicted molar refractivity (Wildman–Crippen MR) is 151 cm³/mol. The zero-order chi connectivity index (χ0) is 29.6. The predicted octanol–water partition coefficient (Wildman–Crippen LogP) is 5.21. The van der Waals surface area contributed by atoms with E-state index in [-0.39, 0.29) is 29.8 Å². The lowest BCUT2D eigenvalue weighted by Crippen LogP contribution is -2.28. The number of anilines is 2. The number of rotatable bonds is 10. The van der Waals surface area contributed by atoms with E-state index < -0.39 is 18.9 Å². The van der Waals surface area contributed by atoms with Crippen molar-refractivity contribution in [2.45, 2.75) is 13.0 Å². The molecule has 2 aromatic heterocycles. The summed E-state index contributed by atoms with van der Waals surface area (Å²) >= 11 is 0. The molecule has 0 spiro atoms. The molecule has 3 N–H and O–H groups in total. The number of halogens is 3. The van der Waals surface area contributed by atoms with Crippen LogP contribution in [0.15, 0.2) is 85.1 Å². The number of hydrogen-bond acceptors (Lipinski definition) is 6. The molecule has 5 rings (SSSR count). The molecule has 0 aliphatic rings. The van der Waals surface area contributed by atoms with Crippen LogP contribution in [0.5, 0.6) is 5.75 Å². The fraction of sp³-hybridized carbons (Fsp3) is 0.133. The van der Waals surface area contributed by atoms with Gasteiger partial charge in [0.15, 0.2) is 5.65 Å². The highest BCUT2D eigenvalue weighted by Crippen LogP contribution is 2.28. The van der Waals surface area contributed by atoms with Gasteiger partial charge < -0.3 is 20.7 Å². The quantitative estimate of drug-likeness (QED) is 0.211. The number of aromatic nitrogens is 3. The Labute approximate surface area is 238 Å². The largest absolute Gasteiger partial charge is 0.495 e. The minimum absolute atomic E-state index is 0.169. The maximum atomic E-state index is 13.1. The second kappa shape index (κ2) is 12.4. The van der Waals surface area contributed by atoms with Crippen LogP contribution in [-0.2, 0) is 6.54 Å². The van der Waals surface area contributed by atoms with E-state index in [2.05, 4.69) is 26.0 Å². The molecule has 214 valence electrons. The summed E-state index contributed by atoms with van der Waals surface area (Å²) in [7, 11) is 1.42. The van der Waals surface area contributed by atoms with Gasteiger partial charge >= 0.3 is 0 Å². The highest BCUT2D eigenvalue weighted by Gasteiger charge is 2.14. The molecule has 0 saturated carbocycles. The molecule has 0 radical (unpaired) electrons. The first-order chi connectivity index (χ1) is 20.3. The number of carbonyl (C=O) groups excluding carboxylic acids is 2. The third kappa shape index (κ3) is 6.66. The highest BCUT2D eigenvalue weighted by molar-refractivity contribution is 5.95.